The van der Waals surface area contributed by atoms with E-state index in [-0.39, 0.29) is 5.91 Å². The maximum absolute atomic E-state index is 11.7. The molecule has 0 aliphatic heterocycles. The molecule has 0 saturated carbocycles. The third kappa shape index (κ3) is 6.06. The zero-order valence-electron chi connectivity index (χ0n) is 12.6. The number of benzene rings is 1. The summed E-state index contributed by atoms with van der Waals surface area (Å²) < 4.78 is 5.32. The van der Waals surface area contributed by atoms with E-state index < -0.39 is 0 Å². The lowest BCUT2D eigenvalue weighted by Crippen LogP contribution is -2.22. The number of nitrogens with two attached hydrogens (primary N) is 1. The minimum absolute atomic E-state index is 0.0976. The number of methoxy groups -OCH3 is 1. The van der Waals surface area contributed by atoms with Crippen molar-refractivity contribution < 1.29 is 9.53 Å². The molecule has 1 aromatic rings. The summed E-state index contributed by atoms with van der Waals surface area (Å²) in [5.74, 6) is 0.925. The Morgan fingerprint density at radius 3 is 2.70 bits per heavy atom. The molecule has 0 heterocycles. The van der Waals surface area contributed by atoms with E-state index in [0.29, 0.717) is 13.0 Å². The fourth-order valence-electron chi connectivity index (χ4n) is 2.06. The van der Waals surface area contributed by atoms with Crippen molar-refractivity contribution in [2.24, 2.45) is 5.73 Å². The van der Waals surface area contributed by atoms with E-state index >= 15 is 0 Å². The number of hydrogen-bond donors (Lipinski definition) is 2. The number of unbranched alkanes of at least 4 members (excludes halogenated alkanes) is 3. The molecular weight excluding hydrogens is 252 g/mol. The van der Waals surface area contributed by atoms with Crippen LogP contribution >= 0.6 is 0 Å². The second kappa shape index (κ2) is 9.37. The van der Waals surface area contributed by atoms with Crippen molar-refractivity contribution in [3.63, 3.8) is 0 Å². The van der Waals surface area contributed by atoms with Crippen LogP contribution in [0.3, 0.4) is 0 Å². The molecule has 0 unspecified atom stereocenters. The molecule has 0 aliphatic carbocycles. The molecule has 0 bridgehead atoms. The predicted octanol–water partition coefficient (Wildman–Crippen LogP) is 2.53. The molecule has 0 spiro atoms. The highest BCUT2D eigenvalue weighted by Gasteiger charge is 2.05. The first kappa shape index (κ1) is 16.5. The zero-order chi connectivity index (χ0) is 14.8. The van der Waals surface area contributed by atoms with Crippen LogP contribution in [0.2, 0.25) is 0 Å². The van der Waals surface area contributed by atoms with Gasteiger partial charge in [-0.1, -0.05) is 25.0 Å². The number of rotatable bonds is 9. The number of amides is 1. The van der Waals surface area contributed by atoms with Gasteiger partial charge in [0.15, 0.2) is 0 Å². The summed E-state index contributed by atoms with van der Waals surface area (Å²) in [6.45, 7) is 3.27. The average molecular weight is 278 g/mol. The van der Waals surface area contributed by atoms with Gasteiger partial charge in [-0.2, -0.15) is 0 Å². The zero-order valence-corrected chi connectivity index (χ0v) is 12.6. The molecule has 4 nitrogen and oxygen atoms in total. The van der Waals surface area contributed by atoms with Crippen molar-refractivity contribution in [3.8, 4) is 5.75 Å². The summed E-state index contributed by atoms with van der Waals surface area (Å²) in [7, 11) is 1.65. The fourth-order valence-corrected chi connectivity index (χ4v) is 2.06. The molecule has 1 aromatic carbocycles. The van der Waals surface area contributed by atoms with E-state index in [0.717, 1.165) is 49.1 Å². The Morgan fingerprint density at radius 2 is 2.00 bits per heavy atom. The Kier molecular flexibility index (Phi) is 7.73. The van der Waals surface area contributed by atoms with Crippen molar-refractivity contribution in [3.05, 3.63) is 29.3 Å². The van der Waals surface area contributed by atoms with Gasteiger partial charge in [0.25, 0.3) is 0 Å². The summed E-state index contributed by atoms with van der Waals surface area (Å²) >= 11 is 0. The van der Waals surface area contributed by atoms with Crippen LogP contribution in [0.4, 0.5) is 0 Å². The molecule has 3 N–H and O–H groups in total. The number of carbonyl (C=O) groups excluding carboxylic acids is 1. The lowest BCUT2D eigenvalue weighted by molar-refractivity contribution is -0.121. The third-order valence-electron chi connectivity index (χ3n) is 3.28. The molecule has 1 rings (SSSR count). The molecule has 0 fully saturated rings. The summed E-state index contributed by atoms with van der Waals surface area (Å²) in [5.41, 5.74) is 7.59. The van der Waals surface area contributed by atoms with Crippen LogP contribution in [-0.4, -0.2) is 19.6 Å². The monoisotopic (exact) mass is 278 g/mol. The van der Waals surface area contributed by atoms with E-state index in [1.807, 2.05) is 25.1 Å². The molecule has 0 aromatic heterocycles. The number of nitrogens with one attached hydrogen (secondary N) is 1. The fraction of sp³-hybridized carbons (Fsp3) is 0.562. The van der Waals surface area contributed by atoms with Gasteiger partial charge in [0.05, 0.1) is 7.11 Å². The second-order valence-electron chi connectivity index (χ2n) is 5.04. The standard InChI is InChI=1S/C16H26N2O2/c1-13-8-9-14(15(11-13)20-2)12-18-16(19)7-5-3-4-6-10-17/h8-9,11H,3-7,10,12,17H2,1-2H3,(H,18,19). The predicted molar refractivity (Wildman–Crippen MR) is 81.7 cm³/mol. The summed E-state index contributed by atoms with van der Waals surface area (Å²) in [6, 6.07) is 6.00. The van der Waals surface area contributed by atoms with Crippen LogP contribution in [-0.2, 0) is 11.3 Å². The van der Waals surface area contributed by atoms with Gasteiger partial charge in [0, 0.05) is 18.5 Å². The number of aryl methyl sites for hydroxylation is 1. The van der Waals surface area contributed by atoms with Crippen LogP contribution in [0.15, 0.2) is 18.2 Å². The topological polar surface area (TPSA) is 64.3 Å². The van der Waals surface area contributed by atoms with Crippen molar-refractivity contribution in [2.75, 3.05) is 13.7 Å². The molecule has 0 aliphatic rings. The molecule has 4 heteroatoms. The Morgan fingerprint density at radius 1 is 1.25 bits per heavy atom. The van der Waals surface area contributed by atoms with Crippen molar-refractivity contribution in [2.45, 2.75) is 45.6 Å². The highest BCUT2D eigenvalue weighted by Crippen LogP contribution is 2.19. The van der Waals surface area contributed by atoms with Crippen LogP contribution in [0.1, 0.15) is 43.2 Å². The summed E-state index contributed by atoms with van der Waals surface area (Å²) in [6.07, 6.45) is 4.73. The molecule has 20 heavy (non-hydrogen) atoms. The van der Waals surface area contributed by atoms with Crippen LogP contribution < -0.4 is 15.8 Å². The van der Waals surface area contributed by atoms with Gasteiger partial charge < -0.3 is 15.8 Å². The smallest absolute Gasteiger partial charge is 0.220 e. The molecular formula is C16H26N2O2. The van der Waals surface area contributed by atoms with Gasteiger partial charge in [-0.05, 0) is 37.9 Å². The molecule has 0 saturated heterocycles. The van der Waals surface area contributed by atoms with E-state index in [1.165, 1.54) is 0 Å². The highest BCUT2D eigenvalue weighted by atomic mass is 16.5. The Labute approximate surface area is 121 Å². The summed E-state index contributed by atoms with van der Waals surface area (Å²) in [5, 5.41) is 2.94. The molecule has 112 valence electrons. The number of hydrogen-bond acceptors (Lipinski definition) is 3. The Bertz CT molecular complexity index is 419. The van der Waals surface area contributed by atoms with Gasteiger partial charge in [-0.25, -0.2) is 0 Å². The minimum Gasteiger partial charge on any atom is -0.496 e. The van der Waals surface area contributed by atoms with Gasteiger partial charge in [0.1, 0.15) is 5.75 Å². The second-order valence-corrected chi connectivity index (χ2v) is 5.04. The summed E-state index contributed by atoms with van der Waals surface area (Å²) in [4.78, 5) is 11.7. The van der Waals surface area contributed by atoms with E-state index in [2.05, 4.69) is 5.32 Å². The lowest BCUT2D eigenvalue weighted by atomic mass is 10.1. The Balaban J connectivity index is 2.30. The van der Waals surface area contributed by atoms with Gasteiger partial charge in [0.2, 0.25) is 5.91 Å². The van der Waals surface area contributed by atoms with Crippen LogP contribution in [0.5, 0.6) is 5.75 Å². The maximum Gasteiger partial charge on any atom is 0.220 e. The SMILES string of the molecule is COc1cc(C)ccc1CNC(=O)CCCCCCN. The lowest BCUT2D eigenvalue weighted by Gasteiger charge is -2.10. The maximum atomic E-state index is 11.7. The van der Waals surface area contributed by atoms with Crippen molar-refractivity contribution >= 4 is 5.91 Å². The van der Waals surface area contributed by atoms with E-state index in [1.54, 1.807) is 7.11 Å². The minimum atomic E-state index is 0.0976. The first-order chi connectivity index (χ1) is 9.67. The first-order valence-corrected chi connectivity index (χ1v) is 7.27. The largest absolute Gasteiger partial charge is 0.496 e. The number of carbonyl (C=O) groups is 1. The highest BCUT2D eigenvalue weighted by molar-refractivity contribution is 5.75. The van der Waals surface area contributed by atoms with E-state index in [9.17, 15) is 4.79 Å². The normalized spacial score (nSPS) is 10.3. The van der Waals surface area contributed by atoms with Gasteiger partial charge in [-0.15, -0.1) is 0 Å². The number of ether oxygens (including phenoxy) is 1. The van der Waals surface area contributed by atoms with E-state index in [4.69, 9.17) is 10.5 Å². The quantitative estimate of drug-likeness (QED) is 0.682. The van der Waals surface area contributed by atoms with Gasteiger partial charge in [-0.3, -0.25) is 4.79 Å². The molecule has 1 amide bonds. The molecule has 0 radical (unpaired) electrons. The third-order valence-corrected chi connectivity index (χ3v) is 3.28. The average Bonchev–Trinajstić information content (AvgIpc) is 2.45. The van der Waals surface area contributed by atoms with Crippen LogP contribution in [0, 0.1) is 6.92 Å². The van der Waals surface area contributed by atoms with Gasteiger partial charge >= 0.3 is 0 Å². The van der Waals surface area contributed by atoms with Crippen molar-refractivity contribution in [1.29, 1.82) is 0 Å². The molecule has 0 atom stereocenters. The Hall–Kier alpha value is -1.55. The first-order valence-electron chi connectivity index (χ1n) is 7.27. The van der Waals surface area contributed by atoms with Crippen molar-refractivity contribution in [1.82, 2.24) is 5.32 Å². The van der Waals surface area contributed by atoms with Crippen LogP contribution in [0.25, 0.3) is 0 Å².